The van der Waals surface area contributed by atoms with Crippen LogP contribution in [0, 0.1) is 0 Å². The van der Waals surface area contributed by atoms with E-state index >= 15 is 0 Å². The molecule has 0 radical (unpaired) electrons. The lowest BCUT2D eigenvalue weighted by Gasteiger charge is -2.17. The predicted molar refractivity (Wildman–Crippen MR) is 114 cm³/mol. The second kappa shape index (κ2) is 7.97. The normalized spacial score (nSPS) is 12.2. The molecular formula is C23H27N3O2. The number of rotatable bonds is 4. The molecule has 0 atom stereocenters. The van der Waals surface area contributed by atoms with Gasteiger partial charge in [0.25, 0.3) is 0 Å². The molecule has 0 amide bonds. The Kier molecular flexibility index (Phi) is 5.63. The average molecular weight is 377 g/mol. The number of methoxy groups -OCH3 is 1. The lowest BCUT2D eigenvalue weighted by atomic mass is 9.93. The highest BCUT2D eigenvalue weighted by Crippen LogP contribution is 2.35. The van der Waals surface area contributed by atoms with Crippen molar-refractivity contribution in [2.75, 3.05) is 7.11 Å². The highest BCUT2D eigenvalue weighted by molar-refractivity contribution is 5.98. The molecule has 5 heteroatoms. The van der Waals surface area contributed by atoms with Crippen molar-refractivity contribution in [2.45, 2.75) is 46.5 Å². The molecule has 0 aliphatic rings. The van der Waals surface area contributed by atoms with Gasteiger partial charge < -0.3 is 4.74 Å². The molecule has 5 nitrogen and oxygen atoms in total. The van der Waals surface area contributed by atoms with Crippen molar-refractivity contribution in [3.8, 4) is 0 Å². The maximum absolute atomic E-state index is 11.8. The van der Waals surface area contributed by atoms with Crippen LogP contribution in [0.1, 0.15) is 67.9 Å². The summed E-state index contributed by atoms with van der Waals surface area (Å²) in [6, 6.07) is 11.8. The molecule has 2 aromatic carbocycles. The van der Waals surface area contributed by atoms with Gasteiger partial charge in [-0.1, -0.05) is 45.9 Å². The summed E-state index contributed by atoms with van der Waals surface area (Å²) in [6.07, 6.45) is 1.75. The van der Waals surface area contributed by atoms with E-state index in [1.54, 1.807) is 18.3 Å². The summed E-state index contributed by atoms with van der Waals surface area (Å²) in [4.78, 5) is 16.8. The number of aromatic nitrogens is 2. The monoisotopic (exact) mass is 377 g/mol. The van der Waals surface area contributed by atoms with Gasteiger partial charge in [0.05, 0.1) is 30.1 Å². The largest absolute Gasteiger partial charge is 0.465 e. The minimum Gasteiger partial charge on any atom is -0.465 e. The number of carbonyl (C=O) groups excluding carboxylic acids is 1. The minimum absolute atomic E-state index is 0.354. The Morgan fingerprint density at radius 2 is 1.71 bits per heavy atom. The third kappa shape index (κ3) is 3.70. The zero-order valence-electron chi connectivity index (χ0n) is 17.4. The number of esters is 1. The number of fused-ring (bicyclic) bond motifs is 1. The van der Waals surface area contributed by atoms with Gasteiger partial charge in [0.2, 0.25) is 0 Å². The summed E-state index contributed by atoms with van der Waals surface area (Å²) in [6.45, 7) is 10.7. The number of ether oxygens (including phenoxy) is 1. The van der Waals surface area contributed by atoms with Crippen LogP contribution >= 0.6 is 0 Å². The van der Waals surface area contributed by atoms with E-state index in [1.807, 2.05) is 17.7 Å². The van der Waals surface area contributed by atoms with E-state index < -0.39 is 0 Å². The van der Waals surface area contributed by atoms with Crippen molar-refractivity contribution in [1.82, 2.24) is 9.78 Å². The number of benzene rings is 2. The Hall–Kier alpha value is -2.95. The molecule has 0 aliphatic heterocycles. The molecule has 0 bridgehead atoms. The van der Waals surface area contributed by atoms with Crippen LogP contribution in [0.3, 0.4) is 0 Å². The Labute approximate surface area is 166 Å². The van der Waals surface area contributed by atoms with Gasteiger partial charge in [0, 0.05) is 5.39 Å². The molecule has 3 aromatic rings. The van der Waals surface area contributed by atoms with Gasteiger partial charge in [-0.3, -0.25) is 0 Å². The van der Waals surface area contributed by atoms with Crippen LogP contribution in [0.2, 0.25) is 0 Å². The lowest BCUT2D eigenvalue weighted by molar-refractivity contribution is 0.0601. The molecule has 146 valence electrons. The second-order valence-corrected chi connectivity index (χ2v) is 7.58. The molecule has 0 saturated heterocycles. The first-order valence-electron chi connectivity index (χ1n) is 9.58. The number of hydrogen-bond donors (Lipinski definition) is 0. The van der Waals surface area contributed by atoms with Crippen LogP contribution in [-0.4, -0.2) is 28.7 Å². The topological polar surface area (TPSA) is 56.5 Å². The Morgan fingerprint density at radius 3 is 2.29 bits per heavy atom. The average Bonchev–Trinajstić information content (AvgIpc) is 3.10. The zero-order chi connectivity index (χ0) is 20.4. The Morgan fingerprint density at radius 1 is 1.07 bits per heavy atom. The van der Waals surface area contributed by atoms with Crippen LogP contribution < -0.4 is 0 Å². The van der Waals surface area contributed by atoms with Gasteiger partial charge in [0.15, 0.2) is 0 Å². The highest BCUT2D eigenvalue weighted by atomic mass is 16.5. The molecule has 1 heterocycles. The summed E-state index contributed by atoms with van der Waals surface area (Å²) in [5, 5.41) is 5.37. The first-order valence-corrected chi connectivity index (χ1v) is 9.58. The maximum Gasteiger partial charge on any atom is 0.337 e. The molecule has 3 rings (SSSR count). The second-order valence-electron chi connectivity index (χ2n) is 7.58. The Balaban J connectivity index is 2.11. The van der Waals surface area contributed by atoms with Crippen LogP contribution in [0.5, 0.6) is 0 Å². The van der Waals surface area contributed by atoms with Gasteiger partial charge in [-0.25, -0.2) is 14.5 Å². The summed E-state index contributed by atoms with van der Waals surface area (Å²) in [5.41, 5.74) is 4.91. The molecule has 1 aromatic heterocycles. The molecular weight excluding hydrogens is 350 g/mol. The van der Waals surface area contributed by atoms with E-state index in [0.717, 1.165) is 22.4 Å². The molecule has 0 aliphatic carbocycles. The quantitative estimate of drug-likeness (QED) is 0.334. The third-order valence-electron chi connectivity index (χ3n) is 4.91. The van der Waals surface area contributed by atoms with Crippen molar-refractivity contribution < 1.29 is 9.53 Å². The molecule has 0 N–H and O–H groups in total. The minimum atomic E-state index is -0.354. The maximum atomic E-state index is 11.8. The molecule has 0 spiro atoms. The molecule has 0 saturated carbocycles. The summed E-state index contributed by atoms with van der Waals surface area (Å²) in [7, 11) is 1.38. The van der Waals surface area contributed by atoms with Crippen molar-refractivity contribution >= 4 is 28.4 Å². The molecule has 0 unspecified atom stereocenters. The summed E-state index contributed by atoms with van der Waals surface area (Å²) < 4.78 is 6.62. The third-order valence-corrected chi connectivity index (χ3v) is 4.91. The smallest absolute Gasteiger partial charge is 0.337 e. The van der Waals surface area contributed by atoms with Crippen LogP contribution in [-0.2, 0) is 4.74 Å². The van der Waals surface area contributed by atoms with Crippen molar-refractivity contribution in [1.29, 1.82) is 0 Å². The number of para-hydroxylation sites is 1. The fourth-order valence-corrected chi connectivity index (χ4v) is 3.39. The fourth-order valence-electron chi connectivity index (χ4n) is 3.39. The SMILES string of the molecule is COC(=O)c1ccc2c(cnn2C(C)=Nc2c(C(C)C)cccc2C(C)C)c1. The predicted octanol–water partition coefficient (Wildman–Crippen LogP) is 5.67. The zero-order valence-corrected chi connectivity index (χ0v) is 17.4. The highest BCUT2D eigenvalue weighted by Gasteiger charge is 2.15. The number of nitrogens with zero attached hydrogens (tertiary/aromatic N) is 3. The number of hydrogen-bond acceptors (Lipinski definition) is 4. The summed E-state index contributed by atoms with van der Waals surface area (Å²) >= 11 is 0. The van der Waals surface area contributed by atoms with Crippen molar-refractivity contribution in [3.05, 3.63) is 59.3 Å². The lowest BCUT2D eigenvalue weighted by Crippen LogP contribution is -2.09. The van der Waals surface area contributed by atoms with E-state index in [-0.39, 0.29) is 5.97 Å². The number of carbonyl (C=O) groups is 1. The fraction of sp³-hybridized carbons (Fsp3) is 0.348. The van der Waals surface area contributed by atoms with E-state index in [0.29, 0.717) is 17.4 Å². The van der Waals surface area contributed by atoms with Gasteiger partial charge in [-0.2, -0.15) is 5.10 Å². The van der Waals surface area contributed by atoms with Crippen molar-refractivity contribution in [3.63, 3.8) is 0 Å². The van der Waals surface area contributed by atoms with E-state index in [4.69, 9.17) is 9.73 Å². The molecule has 28 heavy (non-hydrogen) atoms. The van der Waals surface area contributed by atoms with E-state index in [1.165, 1.54) is 18.2 Å². The van der Waals surface area contributed by atoms with Crippen molar-refractivity contribution in [2.24, 2.45) is 4.99 Å². The summed E-state index contributed by atoms with van der Waals surface area (Å²) in [5.74, 6) is 1.19. The van der Waals surface area contributed by atoms with Gasteiger partial charge >= 0.3 is 5.97 Å². The Bertz CT molecular complexity index is 1020. The van der Waals surface area contributed by atoms with E-state index in [9.17, 15) is 4.79 Å². The van der Waals surface area contributed by atoms with Gasteiger partial charge in [0.1, 0.15) is 5.84 Å². The van der Waals surface area contributed by atoms with Crippen LogP contribution in [0.4, 0.5) is 5.69 Å². The van der Waals surface area contributed by atoms with Crippen LogP contribution in [0.25, 0.3) is 10.9 Å². The van der Waals surface area contributed by atoms with Gasteiger partial charge in [-0.15, -0.1) is 0 Å². The number of aliphatic imine (C=N–C) groups is 1. The first-order chi connectivity index (χ1) is 13.3. The standard InChI is InChI=1S/C23H27N3O2/c1-14(2)19-8-7-9-20(15(3)4)22(19)25-16(5)26-21-11-10-17(23(27)28-6)12-18(21)13-24-26/h7-15H,1-6H3. The van der Waals surface area contributed by atoms with E-state index in [2.05, 4.69) is 51.0 Å². The van der Waals surface area contributed by atoms with Crippen LogP contribution in [0.15, 0.2) is 47.6 Å². The first kappa shape index (κ1) is 19.8. The molecule has 0 fully saturated rings. The van der Waals surface area contributed by atoms with Gasteiger partial charge in [-0.05, 0) is 48.1 Å².